The van der Waals surface area contributed by atoms with Crippen LogP contribution in [0.4, 0.5) is 0 Å². The van der Waals surface area contributed by atoms with E-state index in [-0.39, 0.29) is 0 Å². The van der Waals surface area contributed by atoms with Gasteiger partial charge in [-0.2, -0.15) is 0 Å². The lowest BCUT2D eigenvalue weighted by Gasteiger charge is -2.23. The van der Waals surface area contributed by atoms with E-state index >= 15 is 0 Å². The quantitative estimate of drug-likeness (QED) is 0.343. The molecule has 14 heavy (non-hydrogen) atoms. The molecule has 0 bridgehead atoms. The Labute approximate surface area is 84.3 Å². The van der Waals surface area contributed by atoms with Crippen molar-refractivity contribution in [3.63, 3.8) is 0 Å². The molecular weight excluding hydrogens is 220 g/mol. The van der Waals surface area contributed by atoms with Gasteiger partial charge in [0.25, 0.3) is 0 Å². The molecule has 0 aromatic carbocycles. The topological polar surface area (TPSA) is 127 Å². The molecule has 0 aromatic heterocycles. The molecular formula is C6H11ClO7. The molecule has 4 atom stereocenters. The summed E-state index contributed by atoms with van der Waals surface area (Å²) in [5.41, 5.74) is 0. The van der Waals surface area contributed by atoms with Crippen LogP contribution < -0.4 is 0 Å². The maximum Gasteiger partial charge on any atom is 0.355 e. The predicted molar refractivity (Wildman–Crippen MR) is 43.1 cm³/mol. The second-order valence-electron chi connectivity index (χ2n) is 2.57. The monoisotopic (exact) mass is 230 g/mol. The maximum atomic E-state index is 10.5. The van der Waals surface area contributed by atoms with Crippen molar-refractivity contribution >= 4 is 17.8 Å². The molecule has 0 radical (unpaired) electrons. The van der Waals surface area contributed by atoms with Crippen molar-refractivity contribution in [3.8, 4) is 0 Å². The Kier molecular flexibility index (Phi) is 5.93. The minimum atomic E-state index is -2.09. The molecule has 0 unspecified atom stereocenters. The lowest BCUT2D eigenvalue weighted by molar-refractivity contribution is -0.161. The Bertz CT molecular complexity index is 187. The van der Waals surface area contributed by atoms with Crippen LogP contribution in [0.2, 0.25) is 0 Å². The Balaban J connectivity index is 4.30. The third-order valence-corrected chi connectivity index (χ3v) is 1.72. The summed E-state index contributed by atoms with van der Waals surface area (Å²) >= 11 is 4.59. The van der Waals surface area contributed by atoms with E-state index in [0.29, 0.717) is 0 Å². The zero-order valence-electron chi connectivity index (χ0n) is 6.95. The Morgan fingerprint density at radius 1 is 1.21 bits per heavy atom. The third kappa shape index (κ3) is 3.37. The number of hydrogen-bond acceptors (Lipinski definition) is 7. The normalized spacial score (nSPS) is 19.6. The highest BCUT2D eigenvalue weighted by Crippen LogP contribution is 2.07. The van der Waals surface area contributed by atoms with Crippen LogP contribution in [-0.2, 0) is 9.08 Å². The number of carbonyl (C=O) groups excluding carboxylic acids is 1. The van der Waals surface area contributed by atoms with Crippen molar-refractivity contribution in [1.82, 2.24) is 0 Å². The van der Waals surface area contributed by atoms with Crippen LogP contribution in [-0.4, -0.2) is 62.5 Å². The SMILES string of the molecule is O=C(OCl)[C@H](O)[C@@H](O)[C@H](O)[C@H](O)CO. The molecule has 0 aliphatic rings. The molecule has 0 amide bonds. The first-order valence-corrected chi connectivity index (χ1v) is 3.92. The maximum absolute atomic E-state index is 10.5. The minimum absolute atomic E-state index is 0.832. The van der Waals surface area contributed by atoms with Gasteiger partial charge in [-0.3, -0.25) is 0 Å². The van der Waals surface area contributed by atoms with Crippen LogP contribution in [0.5, 0.6) is 0 Å². The van der Waals surface area contributed by atoms with E-state index in [1.165, 1.54) is 0 Å². The zero-order valence-corrected chi connectivity index (χ0v) is 7.70. The second kappa shape index (κ2) is 6.12. The minimum Gasteiger partial charge on any atom is -0.394 e. The van der Waals surface area contributed by atoms with Gasteiger partial charge in [-0.1, -0.05) is 0 Å². The molecule has 0 heterocycles. The van der Waals surface area contributed by atoms with Crippen molar-refractivity contribution < 1.29 is 34.6 Å². The number of aliphatic hydroxyl groups is 5. The molecule has 0 rings (SSSR count). The molecule has 5 N–H and O–H groups in total. The van der Waals surface area contributed by atoms with Gasteiger partial charge in [-0.15, -0.1) is 0 Å². The van der Waals surface area contributed by atoms with Gasteiger partial charge in [0.05, 0.1) is 6.61 Å². The summed E-state index contributed by atoms with van der Waals surface area (Å²) in [6.45, 7) is -0.832. The van der Waals surface area contributed by atoms with Gasteiger partial charge in [0.15, 0.2) is 6.10 Å². The molecule has 8 heteroatoms. The van der Waals surface area contributed by atoms with Gasteiger partial charge >= 0.3 is 5.97 Å². The largest absolute Gasteiger partial charge is 0.394 e. The smallest absolute Gasteiger partial charge is 0.355 e. The standard InChI is InChI=1S/C6H11ClO7/c7-14-6(13)5(12)4(11)3(10)2(9)1-8/h2-5,8-12H,1H2/t2-,3-,4+,5-/m1/s1. The average molecular weight is 231 g/mol. The van der Waals surface area contributed by atoms with Crippen molar-refractivity contribution in [1.29, 1.82) is 0 Å². The fourth-order valence-electron chi connectivity index (χ4n) is 0.707. The lowest BCUT2D eigenvalue weighted by atomic mass is 10.0. The van der Waals surface area contributed by atoms with Gasteiger partial charge < -0.3 is 29.8 Å². The summed E-state index contributed by atoms with van der Waals surface area (Å²) in [5.74, 6) is -1.37. The van der Waals surface area contributed by atoms with Crippen molar-refractivity contribution in [3.05, 3.63) is 0 Å². The second-order valence-corrected chi connectivity index (χ2v) is 2.73. The highest BCUT2D eigenvalue weighted by Gasteiger charge is 2.35. The van der Waals surface area contributed by atoms with Crippen LogP contribution in [0.3, 0.4) is 0 Å². The molecule has 0 saturated carbocycles. The first-order chi connectivity index (χ1) is 6.45. The first kappa shape index (κ1) is 13.6. The van der Waals surface area contributed by atoms with E-state index in [9.17, 15) is 4.79 Å². The number of carbonyl (C=O) groups is 1. The van der Waals surface area contributed by atoms with E-state index in [0.717, 1.165) is 0 Å². The Morgan fingerprint density at radius 3 is 2.07 bits per heavy atom. The molecule has 0 saturated heterocycles. The Hall–Kier alpha value is -0.440. The molecule has 0 spiro atoms. The van der Waals surface area contributed by atoms with Crippen molar-refractivity contribution in [2.75, 3.05) is 6.61 Å². The van der Waals surface area contributed by atoms with Crippen molar-refractivity contribution in [2.24, 2.45) is 0 Å². The Morgan fingerprint density at radius 2 is 1.71 bits per heavy atom. The van der Waals surface area contributed by atoms with E-state index in [2.05, 4.69) is 16.2 Å². The highest BCUT2D eigenvalue weighted by molar-refractivity contribution is 6.13. The number of hydrogen-bond donors (Lipinski definition) is 5. The van der Waals surface area contributed by atoms with Crippen LogP contribution >= 0.6 is 11.9 Å². The fraction of sp³-hybridized carbons (Fsp3) is 0.833. The lowest BCUT2D eigenvalue weighted by Crippen LogP contribution is -2.48. The predicted octanol–water partition coefficient (Wildman–Crippen LogP) is -2.88. The molecule has 0 aliphatic heterocycles. The molecule has 7 nitrogen and oxygen atoms in total. The molecule has 0 aliphatic carbocycles. The van der Waals surface area contributed by atoms with Gasteiger partial charge in [-0.25, -0.2) is 4.79 Å². The summed E-state index contributed by atoms with van der Waals surface area (Å²) in [4.78, 5) is 10.5. The zero-order chi connectivity index (χ0) is 11.3. The van der Waals surface area contributed by atoms with Crippen LogP contribution in [0.1, 0.15) is 0 Å². The average Bonchev–Trinajstić information content (AvgIpc) is 2.23. The summed E-state index contributed by atoms with van der Waals surface area (Å²) in [6.07, 6.45) is -7.65. The third-order valence-electron chi connectivity index (χ3n) is 1.57. The number of rotatable bonds is 5. The van der Waals surface area contributed by atoms with E-state index in [4.69, 9.17) is 25.5 Å². The summed E-state index contributed by atoms with van der Waals surface area (Å²) in [6, 6.07) is 0. The number of aliphatic hydroxyl groups excluding tert-OH is 5. The van der Waals surface area contributed by atoms with Crippen molar-refractivity contribution in [2.45, 2.75) is 24.4 Å². The van der Waals surface area contributed by atoms with Crippen LogP contribution in [0.25, 0.3) is 0 Å². The van der Waals surface area contributed by atoms with E-state index < -0.39 is 37.0 Å². The summed E-state index contributed by atoms with van der Waals surface area (Å²) in [7, 11) is 0. The summed E-state index contributed by atoms with van der Waals surface area (Å²) in [5, 5.41) is 44.3. The van der Waals surface area contributed by atoms with Gasteiger partial charge in [0, 0.05) is 0 Å². The molecule has 0 fully saturated rings. The van der Waals surface area contributed by atoms with Crippen LogP contribution in [0, 0.1) is 0 Å². The van der Waals surface area contributed by atoms with Gasteiger partial charge in [-0.05, 0) is 0 Å². The first-order valence-electron chi connectivity index (χ1n) is 3.61. The molecule has 0 aromatic rings. The summed E-state index contributed by atoms with van der Waals surface area (Å²) < 4.78 is 3.56. The van der Waals surface area contributed by atoms with E-state index in [1.807, 2.05) is 0 Å². The highest BCUT2D eigenvalue weighted by atomic mass is 35.5. The van der Waals surface area contributed by atoms with E-state index in [1.54, 1.807) is 0 Å². The number of halogens is 1. The fourth-order valence-corrected chi connectivity index (χ4v) is 0.799. The molecule has 84 valence electrons. The van der Waals surface area contributed by atoms with Crippen LogP contribution in [0.15, 0.2) is 0 Å². The van der Waals surface area contributed by atoms with Gasteiger partial charge in [0.2, 0.25) is 0 Å². The van der Waals surface area contributed by atoms with Gasteiger partial charge in [0.1, 0.15) is 30.2 Å².